The first-order valence-corrected chi connectivity index (χ1v) is 4.85. The lowest BCUT2D eigenvalue weighted by atomic mass is 10.1. The third kappa shape index (κ3) is 2.07. The fourth-order valence-corrected chi connectivity index (χ4v) is 1.46. The molecule has 0 fully saturated rings. The summed E-state index contributed by atoms with van der Waals surface area (Å²) in [4.78, 5) is 17.6. The minimum Gasteiger partial charge on any atom is -0.319 e. The number of benzene rings is 1. The van der Waals surface area contributed by atoms with E-state index < -0.39 is 0 Å². The van der Waals surface area contributed by atoms with Gasteiger partial charge in [0.15, 0.2) is 0 Å². The Labute approximate surface area is 91.8 Å². The number of rotatable bonds is 1. The number of H-pyrrole nitrogens is 1. The van der Waals surface area contributed by atoms with Crippen LogP contribution in [0.4, 0.5) is 0 Å². The molecular formula is C11H9ClN2O. The maximum Gasteiger partial charge on any atom is 0.266 e. The lowest BCUT2D eigenvalue weighted by Gasteiger charge is -2.03. The van der Waals surface area contributed by atoms with E-state index in [4.69, 9.17) is 11.6 Å². The van der Waals surface area contributed by atoms with Crippen molar-refractivity contribution < 1.29 is 0 Å². The average molecular weight is 221 g/mol. The molecule has 0 spiro atoms. The largest absolute Gasteiger partial charge is 0.319 e. The van der Waals surface area contributed by atoms with Crippen LogP contribution in [0.5, 0.6) is 0 Å². The molecule has 0 bridgehead atoms. The topological polar surface area (TPSA) is 45.8 Å². The number of aromatic amines is 1. The van der Waals surface area contributed by atoms with Gasteiger partial charge in [-0.15, -0.1) is 0 Å². The lowest BCUT2D eigenvalue weighted by Crippen LogP contribution is -2.05. The van der Waals surface area contributed by atoms with Crippen LogP contribution in [0.25, 0.3) is 11.3 Å². The molecule has 0 aliphatic carbocycles. The Morgan fingerprint density at radius 1 is 1.33 bits per heavy atom. The number of nitrogens with zero attached hydrogens (tertiary/aromatic N) is 1. The summed E-state index contributed by atoms with van der Waals surface area (Å²) in [6.07, 6.45) is 2.84. The quantitative estimate of drug-likeness (QED) is 0.802. The van der Waals surface area contributed by atoms with Gasteiger partial charge in [-0.2, -0.15) is 0 Å². The molecule has 0 saturated heterocycles. The summed E-state index contributed by atoms with van der Waals surface area (Å²) < 4.78 is 0. The van der Waals surface area contributed by atoms with E-state index in [2.05, 4.69) is 9.97 Å². The normalized spacial score (nSPS) is 10.3. The van der Waals surface area contributed by atoms with E-state index in [9.17, 15) is 4.79 Å². The molecule has 0 saturated carbocycles. The SMILES string of the molecule is Cc1ccc(-c2cncc(=O)[nH]2)cc1Cl. The van der Waals surface area contributed by atoms with Gasteiger partial charge in [-0.1, -0.05) is 23.7 Å². The van der Waals surface area contributed by atoms with Crippen molar-refractivity contribution in [1.29, 1.82) is 0 Å². The minimum atomic E-state index is -0.218. The monoisotopic (exact) mass is 220 g/mol. The van der Waals surface area contributed by atoms with Gasteiger partial charge in [-0.3, -0.25) is 9.78 Å². The summed E-state index contributed by atoms with van der Waals surface area (Å²) in [7, 11) is 0. The van der Waals surface area contributed by atoms with Gasteiger partial charge in [-0.05, 0) is 18.6 Å². The number of nitrogens with one attached hydrogen (secondary N) is 1. The summed E-state index contributed by atoms with van der Waals surface area (Å²) in [6, 6.07) is 5.61. The Bertz CT molecular complexity index is 548. The summed E-state index contributed by atoms with van der Waals surface area (Å²) >= 11 is 5.99. The molecule has 2 aromatic rings. The second kappa shape index (κ2) is 3.87. The summed E-state index contributed by atoms with van der Waals surface area (Å²) in [5.41, 5.74) is 2.32. The zero-order valence-electron chi connectivity index (χ0n) is 8.12. The molecule has 0 atom stereocenters. The molecule has 3 nitrogen and oxygen atoms in total. The molecule has 1 N–H and O–H groups in total. The fraction of sp³-hybridized carbons (Fsp3) is 0.0909. The Hall–Kier alpha value is -1.61. The van der Waals surface area contributed by atoms with Crippen molar-refractivity contribution in [1.82, 2.24) is 9.97 Å². The van der Waals surface area contributed by atoms with E-state index in [1.54, 1.807) is 6.20 Å². The van der Waals surface area contributed by atoms with Gasteiger partial charge in [0.25, 0.3) is 5.56 Å². The van der Waals surface area contributed by atoms with Crippen LogP contribution in [-0.4, -0.2) is 9.97 Å². The Kier molecular flexibility index (Phi) is 2.56. The zero-order valence-corrected chi connectivity index (χ0v) is 8.88. The van der Waals surface area contributed by atoms with Crippen molar-refractivity contribution in [3.8, 4) is 11.3 Å². The molecule has 0 unspecified atom stereocenters. The van der Waals surface area contributed by atoms with E-state index in [0.29, 0.717) is 10.7 Å². The Morgan fingerprint density at radius 3 is 2.80 bits per heavy atom. The number of aromatic nitrogens is 2. The lowest BCUT2D eigenvalue weighted by molar-refractivity contribution is 1.14. The molecule has 1 aromatic carbocycles. The minimum absolute atomic E-state index is 0.218. The fourth-order valence-electron chi connectivity index (χ4n) is 1.28. The van der Waals surface area contributed by atoms with E-state index in [1.165, 1.54) is 6.20 Å². The highest BCUT2D eigenvalue weighted by molar-refractivity contribution is 6.31. The molecule has 4 heteroatoms. The molecule has 0 aliphatic rings. The van der Waals surface area contributed by atoms with E-state index in [-0.39, 0.29) is 5.56 Å². The first kappa shape index (κ1) is 9.93. The molecule has 15 heavy (non-hydrogen) atoms. The van der Waals surface area contributed by atoms with Crippen molar-refractivity contribution in [3.63, 3.8) is 0 Å². The smallest absolute Gasteiger partial charge is 0.266 e. The van der Waals surface area contributed by atoms with Gasteiger partial charge < -0.3 is 4.98 Å². The van der Waals surface area contributed by atoms with Crippen LogP contribution in [0.3, 0.4) is 0 Å². The molecule has 76 valence electrons. The van der Waals surface area contributed by atoms with Gasteiger partial charge in [0.1, 0.15) is 0 Å². The van der Waals surface area contributed by atoms with Gasteiger partial charge in [0.2, 0.25) is 0 Å². The van der Waals surface area contributed by atoms with Gasteiger partial charge in [0, 0.05) is 10.6 Å². The predicted octanol–water partition coefficient (Wildman–Crippen LogP) is 2.40. The van der Waals surface area contributed by atoms with Crippen LogP contribution in [0.1, 0.15) is 5.56 Å². The highest BCUT2D eigenvalue weighted by Crippen LogP contribution is 2.22. The van der Waals surface area contributed by atoms with Crippen molar-refractivity contribution in [2.75, 3.05) is 0 Å². The summed E-state index contributed by atoms with van der Waals surface area (Å²) in [5.74, 6) is 0. The van der Waals surface area contributed by atoms with Crippen LogP contribution in [0.15, 0.2) is 35.4 Å². The van der Waals surface area contributed by atoms with Gasteiger partial charge >= 0.3 is 0 Å². The van der Waals surface area contributed by atoms with Gasteiger partial charge in [0.05, 0.1) is 18.1 Å². The maximum absolute atomic E-state index is 11.1. The van der Waals surface area contributed by atoms with Crippen molar-refractivity contribution in [3.05, 3.63) is 51.5 Å². The van der Waals surface area contributed by atoms with Crippen LogP contribution in [0.2, 0.25) is 5.02 Å². The molecule has 1 heterocycles. The van der Waals surface area contributed by atoms with Crippen LogP contribution in [0, 0.1) is 6.92 Å². The van der Waals surface area contributed by atoms with Crippen LogP contribution in [-0.2, 0) is 0 Å². The molecule has 0 aliphatic heterocycles. The van der Waals surface area contributed by atoms with E-state index >= 15 is 0 Å². The zero-order chi connectivity index (χ0) is 10.8. The molecule has 0 amide bonds. The Balaban J connectivity index is 2.55. The number of hydrogen-bond acceptors (Lipinski definition) is 2. The van der Waals surface area contributed by atoms with Crippen molar-refractivity contribution in [2.45, 2.75) is 6.92 Å². The van der Waals surface area contributed by atoms with E-state index in [0.717, 1.165) is 11.1 Å². The third-order valence-electron chi connectivity index (χ3n) is 2.14. The molecule has 1 aromatic heterocycles. The molecule has 2 rings (SSSR count). The first-order chi connectivity index (χ1) is 7.16. The standard InChI is InChI=1S/C11H9ClN2O/c1-7-2-3-8(4-9(7)12)10-5-13-6-11(15)14-10/h2-6H,1H3,(H,14,15). The van der Waals surface area contributed by atoms with Gasteiger partial charge in [-0.25, -0.2) is 0 Å². The third-order valence-corrected chi connectivity index (χ3v) is 2.54. The summed E-state index contributed by atoms with van der Waals surface area (Å²) in [5, 5.41) is 0.678. The summed E-state index contributed by atoms with van der Waals surface area (Å²) in [6.45, 7) is 1.93. The van der Waals surface area contributed by atoms with E-state index in [1.807, 2.05) is 25.1 Å². The number of halogens is 1. The van der Waals surface area contributed by atoms with Crippen LogP contribution >= 0.6 is 11.6 Å². The highest BCUT2D eigenvalue weighted by atomic mass is 35.5. The Morgan fingerprint density at radius 2 is 2.13 bits per heavy atom. The first-order valence-electron chi connectivity index (χ1n) is 4.47. The predicted molar refractivity (Wildman–Crippen MR) is 60.0 cm³/mol. The number of aryl methyl sites for hydroxylation is 1. The average Bonchev–Trinajstić information content (AvgIpc) is 2.22. The second-order valence-electron chi connectivity index (χ2n) is 3.27. The number of hydrogen-bond donors (Lipinski definition) is 1. The second-order valence-corrected chi connectivity index (χ2v) is 3.68. The van der Waals surface area contributed by atoms with Crippen LogP contribution < -0.4 is 5.56 Å². The highest BCUT2D eigenvalue weighted by Gasteiger charge is 2.01. The van der Waals surface area contributed by atoms with Crippen molar-refractivity contribution in [2.24, 2.45) is 0 Å². The molecule has 0 radical (unpaired) electrons. The maximum atomic E-state index is 11.1. The molecular weight excluding hydrogens is 212 g/mol. The van der Waals surface area contributed by atoms with Crippen molar-refractivity contribution >= 4 is 11.6 Å².